The molecule has 0 radical (unpaired) electrons. The molecular formula is C15H15ClN2O2. The summed E-state index contributed by atoms with van der Waals surface area (Å²) in [7, 11) is 0. The molecule has 20 heavy (non-hydrogen) atoms. The van der Waals surface area contributed by atoms with Gasteiger partial charge in [0.15, 0.2) is 0 Å². The van der Waals surface area contributed by atoms with E-state index in [-0.39, 0.29) is 24.0 Å². The van der Waals surface area contributed by atoms with Crippen LogP contribution in [0.4, 0.5) is 5.69 Å². The third-order valence-corrected chi connectivity index (χ3v) is 4.98. The summed E-state index contributed by atoms with van der Waals surface area (Å²) in [6.07, 6.45) is 1.56. The molecule has 1 saturated heterocycles. The molecule has 1 N–H and O–H groups in total. The van der Waals surface area contributed by atoms with Crippen molar-refractivity contribution < 1.29 is 9.90 Å². The number of hydrogen-bond donors (Lipinski definition) is 1. The molecule has 5 heteroatoms. The van der Waals surface area contributed by atoms with Gasteiger partial charge in [-0.25, -0.2) is 0 Å². The van der Waals surface area contributed by atoms with E-state index < -0.39 is 0 Å². The SMILES string of the molecule is Cc1c(N2C(=O)C[C@@H]3[C@H](O)CC[C@@H]32)ccc(C#N)c1Cl. The minimum absolute atomic E-state index is 0.0244. The van der Waals surface area contributed by atoms with E-state index in [1.807, 2.05) is 13.0 Å². The summed E-state index contributed by atoms with van der Waals surface area (Å²) < 4.78 is 0. The highest BCUT2D eigenvalue weighted by atomic mass is 35.5. The van der Waals surface area contributed by atoms with Crippen LogP contribution in [-0.4, -0.2) is 23.2 Å². The van der Waals surface area contributed by atoms with Crippen LogP contribution in [0.5, 0.6) is 0 Å². The Balaban J connectivity index is 2.04. The van der Waals surface area contributed by atoms with Crippen molar-refractivity contribution in [1.29, 1.82) is 5.26 Å². The van der Waals surface area contributed by atoms with Crippen molar-refractivity contribution in [3.05, 3.63) is 28.3 Å². The minimum atomic E-state index is -0.386. The maximum atomic E-state index is 12.3. The number of fused-ring (bicyclic) bond motifs is 1. The monoisotopic (exact) mass is 290 g/mol. The smallest absolute Gasteiger partial charge is 0.227 e. The summed E-state index contributed by atoms with van der Waals surface area (Å²) in [5.41, 5.74) is 1.93. The van der Waals surface area contributed by atoms with Gasteiger partial charge in [-0.2, -0.15) is 5.26 Å². The van der Waals surface area contributed by atoms with E-state index >= 15 is 0 Å². The van der Waals surface area contributed by atoms with Crippen molar-refractivity contribution in [3.63, 3.8) is 0 Å². The number of aliphatic hydroxyl groups excluding tert-OH is 1. The average Bonchev–Trinajstić information content (AvgIpc) is 2.93. The lowest BCUT2D eigenvalue weighted by atomic mass is 10.0. The van der Waals surface area contributed by atoms with Gasteiger partial charge in [-0.05, 0) is 37.5 Å². The number of rotatable bonds is 1. The lowest BCUT2D eigenvalue weighted by Crippen LogP contribution is -2.34. The van der Waals surface area contributed by atoms with Crippen LogP contribution >= 0.6 is 11.6 Å². The number of amides is 1. The van der Waals surface area contributed by atoms with Crippen LogP contribution in [0.2, 0.25) is 5.02 Å². The number of benzene rings is 1. The third-order valence-electron chi connectivity index (χ3n) is 4.50. The Kier molecular flexibility index (Phi) is 3.19. The number of aliphatic hydroxyl groups is 1. The zero-order valence-electron chi connectivity index (χ0n) is 11.1. The van der Waals surface area contributed by atoms with E-state index in [1.54, 1.807) is 17.0 Å². The fourth-order valence-corrected chi connectivity index (χ4v) is 3.64. The van der Waals surface area contributed by atoms with Crippen LogP contribution in [0.3, 0.4) is 0 Å². The third kappa shape index (κ3) is 1.81. The van der Waals surface area contributed by atoms with Crippen molar-refractivity contribution in [2.45, 2.75) is 38.3 Å². The molecule has 1 aromatic carbocycles. The zero-order valence-corrected chi connectivity index (χ0v) is 11.9. The number of nitrogens with zero attached hydrogens (tertiary/aromatic N) is 2. The molecule has 4 nitrogen and oxygen atoms in total. The van der Waals surface area contributed by atoms with Crippen molar-refractivity contribution in [3.8, 4) is 6.07 Å². The molecule has 1 amide bonds. The number of nitriles is 1. The molecule has 104 valence electrons. The molecule has 0 unspecified atom stereocenters. The molecule has 0 bridgehead atoms. The quantitative estimate of drug-likeness (QED) is 0.864. The van der Waals surface area contributed by atoms with Gasteiger partial charge in [0.1, 0.15) is 6.07 Å². The van der Waals surface area contributed by atoms with Crippen molar-refractivity contribution in [2.24, 2.45) is 5.92 Å². The molecule has 1 saturated carbocycles. The second kappa shape index (κ2) is 4.76. The highest BCUT2D eigenvalue weighted by Gasteiger charge is 2.48. The van der Waals surface area contributed by atoms with E-state index in [4.69, 9.17) is 16.9 Å². The molecule has 1 aliphatic carbocycles. The van der Waals surface area contributed by atoms with Crippen molar-refractivity contribution in [2.75, 3.05) is 4.90 Å². The number of carbonyl (C=O) groups excluding carboxylic acids is 1. The first-order valence-corrected chi connectivity index (χ1v) is 7.11. The second-order valence-electron chi connectivity index (χ2n) is 5.53. The van der Waals surface area contributed by atoms with Crippen LogP contribution in [-0.2, 0) is 4.79 Å². The zero-order chi connectivity index (χ0) is 14.4. The highest BCUT2D eigenvalue weighted by molar-refractivity contribution is 6.33. The molecule has 3 atom stereocenters. The Morgan fingerprint density at radius 3 is 2.90 bits per heavy atom. The van der Waals surface area contributed by atoms with Gasteiger partial charge in [-0.15, -0.1) is 0 Å². The summed E-state index contributed by atoms with van der Waals surface area (Å²) >= 11 is 6.19. The fraction of sp³-hybridized carbons (Fsp3) is 0.467. The number of hydrogen-bond acceptors (Lipinski definition) is 3. The molecule has 1 aromatic rings. The molecule has 0 spiro atoms. The van der Waals surface area contributed by atoms with Gasteiger partial charge in [0, 0.05) is 24.1 Å². The number of carbonyl (C=O) groups is 1. The van der Waals surface area contributed by atoms with E-state index in [2.05, 4.69) is 0 Å². The molecule has 2 fully saturated rings. The van der Waals surface area contributed by atoms with E-state index in [0.717, 1.165) is 24.1 Å². The first-order chi connectivity index (χ1) is 9.54. The lowest BCUT2D eigenvalue weighted by Gasteiger charge is -2.26. The Hall–Kier alpha value is -1.57. The molecule has 3 rings (SSSR count). The van der Waals surface area contributed by atoms with Gasteiger partial charge in [-0.3, -0.25) is 4.79 Å². The Morgan fingerprint density at radius 1 is 1.45 bits per heavy atom. The van der Waals surface area contributed by atoms with Crippen LogP contribution in [0, 0.1) is 24.2 Å². The molecule has 1 heterocycles. The van der Waals surface area contributed by atoms with Crippen LogP contribution in [0.25, 0.3) is 0 Å². The maximum Gasteiger partial charge on any atom is 0.227 e. The number of halogens is 1. The van der Waals surface area contributed by atoms with Gasteiger partial charge in [0.2, 0.25) is 5.91 Å². The van der Waals surface area contributed by atoms with Crippen molar-refractivity contribution >= 4 is 23.2 Å². The summed E-state index contributed by atoms with van der Waals surface area (Å²) in [4.78, 5) is 14.0. The van der Waals surface area contributed by atoms with Crippen LogP contribution < -0.4 is 4.90 Å². The second-order valence-corrected chi connectivity index (χ2v) is 5.90. The Bertz CT molecular complexity index is 623. The summed E-state index contributed by atoms with van der Waals surface area (Å²) in [5.74, 6) is 0.0546. The summed E-state index contributed by atoms with van der Waals surface area (Å²) in [6.45, 7) is 1.82. The van der Waals surface area contributed by atoms with Gasteiger partial charge in [0.25, 0.3) is 0 Å². The normalized spacial score (nSPS) is 28.6. The predicted molar refractivity (Wildman–Crippen MR) is 75.5 cm³/mol. The van der Waals surface area contributed by atoms with Gasteiger partial charge < -0.3 is 10.0 Å². The van der Waals surface area contributed by atoms with Gasteiger partial charge >= 0.3 is 0 Å². The molecule has 0 aromatic heterocycles. The number of anilines is 1. The summed E-state index contributed by atoms with van der Waals surface area (Å²) in [6, 6.07) is 5.53. The van der Waals surface area contributed by atoms with Crippen LogP contribution in [0.1, 0.15) is 30.4 Å². The van der Waals surface area contributed by atoms with Crippen molar-refractivity contribution in [1.82, 2.24) is 0 Å². The van der Waals surface area contributed by atoms with E-state index in [0.29, 0.717) is 17.0 Å². The lowest BCUT2D eigenvalue weighted by molar-refractivity contribution is -0.117. The first-order valence-electron chi connectivity index (χ1n) is 6.74. The largest absolute Gasteiger partial charge is 0.393 e. The van der Waals surface area contributed by atoms with Gasteiger partial charge in [-0.1, -0.05) is 11.6 Å². The first kappa shape index (κ1) is 13.4. The molecule has 2 aliphatic rings. The topological polar surface area (TPSA) is 64.3 Å². The predicted octanol–water partition coefficient (Wildman–Crippen LogP) is 2.40. The molecule has 1 aliphatic heterocycles. The van der Waals surface area contributed by atoms with E-state index in [9.17, 15) is 9.90 Å². The highest BCUT2D eigenvalue weighted by Crippen LogP contribution is 2.43. The average molecular weight is 291 g/mol. The standard InChI is InChI=1S/C15H15ClN2O2/c1-8-11(3-2-9(7-17)15(8)16)18-12-4-5-13(19)10(12)6-14(18)20/h2-3,10,12-13,19H,4-6H2,1H3/t10-,12-,13+/m0/s1. The van der Waals surface area contributed by atoms with E-state index in [1.165, 1.54) is 0 Å². The fourth-order valence-electron chi connectivity index (χ4n) is 3.44. The maximum absolute atomic E-state index is 12.3. The van der Waals surface area contributed by atoms with Crippen LogP contribution in [0.15, 0.2) is 12.1 Å². The summed E-state index contributed by atoms with van der Waals surface area (Å²) in [5, 5.41) is 19.3. The Labute approximate surface area is 122 Å². The minimum Gasteiger partial charge on any atom is -0.393 e. The Morgan fingerprint density at radius 2 is 2.20 bits per heavy atom. The van der Waals surface area contributed by atoms with Gasteiger partial charge in [0.05, 0.1) is 16.7 Å². The molecular weight excluding hydrogens is 276 g/mol.